The third-order valence-corrected chi connectivity index (χ3v) is 3.21. The van der Waals surface area contributed by atoms with E-state index >= 15 is 0 Å². The molecule has 1 aliphatic rings. The number of hydrogen-bond donors (Lipinski definition) is 1. The number of hydrogen-bond acceptors (Lipinski definition) is 3. The zero-order valence-electron chi connectivity index (χ0n) is 11.0. The Morgan fingerprint density at radius 3 is 2.67 bits per heavy atom. The quantitative estimate of drug-likeness (QED) is 0.884. The summed E-state index contributed by atoms with van der Waals surface area (Å²) in [7, 11) is 0. The average Bonchev–Trinajstić information content (AvgIpc) is 2.41. The molecule has 0 aliphatic carbocycles. The summed E-state index contributed by atoms with van der Waals surface area (Å²) in [4.78, 5) is 14.1. The van der Waals surface area contributed by atoms with E-state index in [9.17, 15) is 4.79 Å². The molecular formula is C14H20N2O2. The number of carbonyl (C=O) groups excluding carboxylic acids is 1. The van der Waals surface area contributed by atoms with Crippen molar-refractivity contribution in [1.82, 2.24) is 4.90 Å². The number of para-hydroxylation sites is 1. The summed E-state index contributed by atoms with van der Waals surface area (Å²) in [6, 6.07) is 7.80. The fraction of sp³-hybridized carbons (Fsp3) is 0.500. The number of rotatable bonds is 3. The van der Waals surface area contributed by atoms with E-state index in [0.29, 0.717) is 26.3 Å². The summed E-state index contributed by atoms with van der Waals surface area (Å²) in [5.41, 5.74) is 2.17. The molecule has 1 amide bonds. The largest absolute Gasteiger partial charge is 0.378 e. The summed E-state index contributed by atoms with van der Waals surface area (Å²) < 4.78 is 5.25. The Bertz CT molecular complexity index is 414. The standard InChI is InChI=1S/C14H20N2O2/c1-11-5-3-4-6-13(11)15-12(2)14(17)16-7-9-18-10-8-16/h3-6,12,15H,7-10H2,1-2H3. The number of morpholine rings is 1. The third-order valence-electron chi connectivity index (χ3n) is 3.21. The van der Waals surface area contributed by atoms with Gasteiger partial charge in [-0.25, -0.2) is 0 Å². The SMILES string of the molecule is Cc1ccccc1NC(C)C(=O)N1CCOCC1. The maximum absolute atomic E-state index is 12.2. The van der Waals surface area contributed by atoms with Crippen LogP contribution in [0.15, 0.2) is 24.3 Å². The molecule has 0 aromatic heterocycles. The number of anilines is 1. The van der Waals surface area contributed by atoms with Crippen molar-refractivity contribution in [2.45, 2.75) is 19.9 Å². The molecule has 1 aliphatic heterocycles. The minimum absolute atomic E-state index is 0.140. The van der Waals surface area contributed by atoms with E-state index in [-0.39, 0.29) is 11.9 Å². The molecular weight excluding hydrogens is 228 g/mol. The van der Waals surface area contributed by atoms with Gasteiger partial charge in [0.15, 0.2) is 0 Å². The van der Waals surface area contributed by atoms with Gasteiger partial charge in [-0.2, -0.15) is 0 Å². The highest BCUT2D eigenvalue weighted by Crippen LogP contribution is 2.15. The van der Waals surface area contributed by atoms with Gasteiger partial charge in [0.05, 0.1) is 13.2 Å². The molecule has 0 spiro atoms. The first-order valence-electron chi connectivity index (χ1n) is 6.37. The maximum Gasteiger partial charge on any atom is 0.244 e. The van der Waals surface area contributed by atoms with E-state index in [0.717, 1.165) is 11.3 Å². The van der Waals surface area contributed by atoms with E-state index in [2.05, 4.69) is 5.32 Å². The Morgan fingerprint density at radius 1 is 1.33 bits per heavy atom. The van der Waals surface area contributed by atoms with Crippen LogP contribution in [0.1, 0.15) is 12.5 Å². The van der Waals surface area contributed by atoms with Crippen LogP contribution in [-0.4, -0.2) is 43.2 Å². The normalized spacial score (nSPS) is 17.3. The zero-order chi connectivity index (χ0) is 13.0. The third kappa shape index (κ3) is 3.01. The number of ether oxygens (including phenoxy) is 1. The Balaban J connectivity index is 1.96. The van der Waals surface area contributed by atoms with Gasteiger partial charge in [-0.1, -0.05) is 18.2 Å². The summed E-state index contributed by atoms with van der Waals surface area (Å²) >= 11 is 0. The lowest BCUT2D eigenvalue weighted by Crippen LogP contribution is -2.47. The van der Waals surface area contributed by atoms with Crippen LogP contribution in [0.2, 0.25) is 0 Å². The van der Waals surface area contributed by atoms with Crippen LogP contribution in [0.25, 0.3) is 0 Å². The van der Waals surface area contributed by atoms with Crippen LogP contribution in [0.5, 0.6) is 0 Å². The average molecular weight is 248 g/mol. The van der Waals surface area contributed by atoms with E-state index in [1.807, 2.05) is 43.0 Å². The number of nitrogens with zero attached hydrogens (tertiary/aromatic N) is 1. The van der Waals surface area contributed by atoms with Gasteiger partial charge in [0.2, 0.25) is 5.91 Å². The van der Waals surface area contributed by atoms with Gasteiger partial charge in [0.1, 0.15) is 6.04 Å². The Labute approximate surface area is 108 Å². The van der Waals surface area contributed by atoms with Crippen molar-refractivity contribution < 1.29 is 9.53 Å². The molecule has 1 fully saturated rings. The molecule has 1 heterocycles. The van der Waals surface area contributed by atoms with Crippen molar-refractivity contribution in [1.29, 1.82) is 0 Å². The second-order valence-electron chi connectivity index (χ2n) is 4.62. The van der Waals surface area contributed by atoms with Crippen LogP contribution < -0.4 is 5.32 Å². The molecule has 0 bridgehead atoms. The summed E-state index contributed by atoms with van der Waals surface area (Å²) in [6.07, 6.45) is 0. The van der Waals surface area contributed by atoms with E-state index in [1.54, 1.807) is 0 Å². The van der Waals surface area contributed by atoms with Crippen molar-refractivity contribution in [3.8, 4) is 0 Å². The maximum atomic E-state index is 12.2. The molecule has 1 N–H and O–H groups in total. The van der Waals surface area contributed by atoms with Crippen LogP contribution in [0.4, 0.5) is 5.69 Å². The first kappa shape index (κ1) is 12.9. The summed E-state index contributed by atoms with van der Waals surface area (Å²) in [5, 5.41) is 3.28. The molecule has 4 nitrogen and oxygen atoms in total. The smallest absolute Gasteiger partial charge is 0.244 e. The molecule has 98 valence electrons. The molecule has 1 aromatic rings. The van der Waals surface area contributed by atoms with Crippen LogP contribution in [0.3, 0.4) is 0 Å². The van der Waals surface area contributed by atoms with Crippen molar-refractivity contribution in [3.05, 3.63) is 29.8 Å². The van der Waals surface area contributed by atoms with Gasteiger partial charge in [0.25, 0.3) is 0 Å². The number of carbonyl (C=O) groups is 1. The number of aryl methyl sites for hydroxylation is 1. The lowest BCUT2D eigenvalue weighted by atomic mass is 10.1. The van der Waals surface area contributed by atoms with Crippen molar-refractivity contribution in [2.24, 2.45) is 0 Å². The Hall–Kier alpha value is -1.55. The van der Waals surface area contributed by atoms with Crippen LogP contribution >= 0.6 is 0 Å². The minimum atomic E-state index is -0.204. The highest BCUT2D eigenvalue weighted by atomic mass is 16.5. The highest BCUT2D eigenvalue weighted by molar-refractivity contribution is 5.84. The zero-order valence-corrected chi connectivity index (χ0v) is 11.0. The molecule has 0 radical (unpaired) electrons. The number of amides is 1. The van der Waals surface area contributed by atoms with E-state index in [4.69, 9.17) is 4.74 Å². The lowest BCUT2D eigenvalue weighted by molar-refractivity contribution is -0.135. The molecule has 4 heteroatoms. The van der Waals surface area contributed by atoms with Gasteiger partial charge in [-0.15, -0.1) is 0 Å². The predicted molar refractivity (Wildman–Crippen MR) is 71.7 cm³/mol. The summed E-state index contributed by atoms with van der Waals surface area (Å²) in [6.45, 7) is 6.61. The minimum Gasteiger partial charge on any atom is -0.378 e. The van der Waals surface area contributed by atoms with Crippen molar-refractivity contribution >= 4 is 11.6 Å². The molecule has 0 saturated carbocycles. The fourth-order valence-corrected chi connectivity index (χ4v) is 2.09. The van der Waals surface area contributed by atoms with Crippen molar-refractivity contribution in [2.75, 3.05) is 31.6 Å². The Morgan fingerprint density at radius 2 is 2.00 bits per heavy atom. The second kappa shape index (κ2) is 5.87. The monoisotopic (exact) mass is 248 g/mol. The van der Waals surface area contributed by atoms with E-state index < -0.39 is 0 Å². The van der Waals surface area contributed by atoms with Crippen LogP contribution in [0, 0.1) is 6.92 Å². The molecule has 1 unspecified atom stereocenters. The van der Waals surface area contributed by atoms with Crippen LogP contribution in [-0.2, 0) is 9.53 Å². The van der Waals surface area contributed by atoms with Gasteiger partial charge in [0, 0.05) is 18.8 Å². The van der Waals surface area contributed by atoms with Gasteiger partial charge >= 0.3 is 0 Å². The number of nitrogens with one attached hydrogen (secondary N) is 1. The van der Waals surface area contributed by atoms with Crippen molar-refractivity contribution in [3.63, 3.8) is 0 Å². The van der Waals surface area contributed by atoms with Gasteiger partial charge < -0.3 is 15.0 Å². The molecule has 1 atom stereocenters. The second-order valence-corrected chi connectivity index (χ2v) is 4.62. The predicted octanol–water partition coefficient (Wildman–Crippen LogP) is 1.65. The lowest BCUT2D eigenvalue weighted by Gasteiger charge is -2.30. The van der Waals surface area contributed by atoms with E-state index in [1.165, 1.54) is 0 Å². The summed E-state index contributed by atoms with van der Waals surface area (Å²) in [5.74, 6) is 0.140. The Kier molecular flexibility index (Phi) is 4.20. The molecule has 1 aromatic carbocycles. The molecule has 18 heavy (non-hydrogen) atoms. The topological polar surface area (TPSA) is 41.6 Å². The molecule has 2 rings (SSSR count). The van der Waals surface area contributed by atoms with Gasteiger partial charge in [-0.3, -0.25) is 4.79 Å². The first-order valence-corrected chi connectivity index (χ1v) is 6.37. The molecule has 1 saturated heterocycles. The van der Waals surface area contributed by atoms with Gasteiger partial charge in [-0.05, 0) is 25.5 Å². The number of benzene rings is 1. The fourth-order valence-electron chi connectivity index (χ4n) is 2.09. The first-order chi connectivity index (χ1) is 8.68. The highest BCUT2D eigenvalue weighted by Gasteiger charge is 2.22.